The van der Waals surface area contributed by atoms with Gasteiger partial charge in [-0.1, -0.05) is 97.1 Å². The van der Waals surface area contributed by atoms with Gasteiger partial charge in [-0.2, -0.15) is 0 Å². The lowest BCUT2D eigenvalue weighted by atomic mass is 9.78. The van der Waals surface area contributed by atoms with E-state index >= 15 is 0 Å². The predicted octanol–water partition coefficient (Wildman–Crippen LogP) is 12.8. The van der Waals surface area contributed by atoms with Gasteiger partial charge in [-0.25, -0.2) is 0 Å². The minimum atomic E-state index is -0.606. The minimum Gasteiger partial charge on any atom is -0.456 e. The van der Waals surface area contributed by atoms with Crippen molar-refractivity contribution >= 4 is 88.9 Å². The van der Waals surface area contributed by atoms with Crippen molar-refractivity contribution in [2.75, 3.05) is 0 Å². The van der Waals surface area contributed by atoms with Gasteiger partial charge in [-0.3, -0.25) is 0 Å². The number of hydrogen-bond acceptors (Lipinski definition) is 3. The molecule has 2 aliphatic rings. The Morgan fingerprint density at radius 2 is 1.12 bits per heavy atom. The zero-order valence-electron chi connectivity index (χ0n) is 32.4. The van der Waals surface area contributed by atoms with Crippen LogP contribution in [0.4, 0.5) is 0 Å². The molecule has 1 aliphatic carbocycles. The fraction of sp³-hybridized carbons (Fsp3) is 0.115. The minimum absolute atomic E-state index is 0.486. The summed E-state index contributed by atoms with van der Waals surface area (Å²) in [5.74, 6) is 0. The number of nitrogens with one attached hydrogen (secondary N) is 2. The Balaban J connectivity index is 0.905. The largest absolute Gasteiger partial charge is 0.494 e. The highest BCUT2D eigenvalue weighted by atomic mass is 16.7. The van der Waals surface area contributed by atoms with Gasteiger partial charge >= 0.3 is 7.12 Å². The zero-order valence-corrected chi connectivity index (χ0v) is 32.4. The molecule has 0 bridgehead atoms. The Morgan fingerprint density at radius 3 is 1.91 bits per heavy atom. The van der Waals surface area contributed by atoms with Crippen LogP contribution in [0.3, 0.4) is 0 Å². The first-order chi connectivity index (χ1) is 28.3. The van der Waals surface area contributed by atoms with Crippen LogP contribution in [0, 0.1) is 0 Å². The second-order valence-corrected chi connectivity index (χ2v) is 17.1. The van der Waals surface area contributed by atoms with Crippen molar-refractivity contribution in [3.63, 3.8) is 0 Å². The molecule has 11 aromatic rings. The third kappa shape index (κ3) is 4.39. The molecule has 0 amide bonds. The maximum Gasteiger partial charge on any atom is 0.494 e. The SMILES string of the molecule is CC1(C)OB(c2ccc3[nH]c4ccccc4c3c2)OC1(C)Cc1cccc2c1-c1cc3oc4ccc(-c5ccc6[nH]c7ccccc7c6c5)cc4c3c3cccc-2c13. The van der Waals surface area contributed by atoms with Crippen molar-refractivity contribution < 1.29 is 13.7 Å². The smallest absolute Gasteiger partial charge is 0.456 e. The molecule has 5 nitrogen and oxygen atoms in total. The van der Waals surface area contributed by atoms with Crippen LogP contribution in [0.2, 0.25) is 0 Å². The summed E-state index contributed by atoms with van der Waals surface area (Å²) in [6.45, 7) is 6.55. The third-order valence-electron chi connectivity index (χ3n) is 13.5. The lowest BCUT2D eigenvalue weighted by Crippen LogP contribution is -2.46. The molecule has 58 heavy (non-hydrogen) atoms. The van der Waals surface area contributed by atoms with Crippen LogP contribution < -0.4 is 5.46 Å². The second kappa shape index (κ2) is 11.3. The molecular weight excluding hydrogens is 711 g/mol. The summed E-state index contributed by atoms with van der Waals surface area (Å²) in [5.41, 5.74) is 14.8. The van der Waals surface area contributed by atoms with Crippen molar-refractivity contribution in [2.45, 2.75) is 38.4 Å². The molecule has 2 N–H and O–H groups in total. The topological polar surface area (TPSA) is 63.2 Å². The van der Waals surface area contributed by atoms with E-state index in [2.05, 4.69) is 176 Å². The number of hydrogen-bond donors (Lipinski definition) is 2. The number of para-hydroxylation sites is 2. The molecule has 276 valence electrons. The van der Waals surface area contributed by atoms with E-state index in [9.17, 15) is 0 Å². The van der Waals surface area contributed by atoms with Crippen LogP contribution in [-0.4, -0.2) is 28.3 Å². The van der Waals surface area contributed by atoms with Crippen molar-refractivity contribution in [1.29, 1.82) is 0 Å². The molecule has 0 radical (unpaired) electrons. The highest BCUT2D eigenvalue weighted by molar-refractivity contribution is 6.62. The van der Waals surface area contributed by atoms with Crippen molar-refractivity contribution in [2.24, 2.45) is 0 Å². The van der Waals surface area contributed by atoms with Crippen molar-refractivity contribution in [3.05, 3.63) is 151 Å². The van der Waals surface area contributed by atoms with E-state index in [4.69, 9.17) is 13.7 Å². The molecule has 3 aromatic heterocycles. The highest BCUT2D eigenvalue weighted by Gasteiger charge is 2.55. The summed E-state index contributed by atoms with van der Waals surface area (Å²) < 4.78 is 20.6. The number of furan rings is 1. The van der Waals surface area contributed by atoms with E-state index in [1.807, 2.05) is 0 Å². The highest BCUT2D eigenvalue weighted by Crippen LogP contribution is 2.53. The molecule has 1 atom stereocenters. The fourth-order valence-electron chi connectivity index (χ4n) is 10.2. The maximum atomic E-state index is 7.05. The summed E-state index contributed by atoms with van der Waals surface area (Å²) in [6.07, 6.45) is 0.687. The van der Waals surface area contributed by atoms with Gasteiger partial charge in [0.25, 0.3) is 0 Å². The monoisotopic (exact) mass is 748 g/mol. The first kappa shape index (κ1) is 32.5. The lowest BCUT2D eigenvalue weighted by molar-refractivity contribution is -0.00867. The van der Waals surface area contributed by atoms with Gasteiger partial charge in [0, 0.05) is 60.8 Å². The standard InChI is InChI=1S/C52H37BN2O3/c1-51(2)52(3,58-53(57-51)32-20-22-45-39(26-32)34-12-5-7-17-43(34)55-45)28-31-10-8-13-35-36-14-9-15-37-49(36)41(48(31)35)27-47-50(37)40-25-30(19-23-46(40)56-47)29-18-21-44-38(24-29)33-11-4-6-16-42(33)54-44/h4-27,54-55H,28H2,1-3H3. The predicted molar refractivity (Wildman–Crippen MR) is 240 cm³/mol. The van der Waals surface area contributed by atoms with Gasteiger partial charge in [0.2, 0.25) is 0 Å². The van der Waals surface area contributed by atoms with E-state index < -0.39 is 18.3 Å². The fourth-order valence-corrected chi connectivity index (χ4v) is 10.2. The maximum absolute atomic E-state index is 7.05. The molecule has 8 aromatic carbocycles. The number of fused-ring (bicyclic) bond motifs is 13. The van der Waals surface area contributed by atoms with E-state index in [0.717, 1.165) is 49.5 Å². The van der Waals surface area contributed by atoms with Gasteiger partial charge in [-0.15, -0.1) is 0 Å². The van der Waals surface area contributed by atoms with Gasteiger partial charge in [-0.05, 0) is 124 Å². The van der Waals surface area contributed by atoms with E-state index in [1.165, 1.54) is 71.3 Å². The summed E-state index contributed by atoms with van der Waals surface area (Å²) >= 11 is 0. The molecule has 6 heteroatoms. The molecule has 1 fully saturated rings. The molecule has 1 saturated heterocycles. The molecule has 0 spiro atoms. The van der Waals surface area contributed by atoms with E-state index in [0.29, 0.717) is 6.42 Å². The van der Waals surface area contributed by atoms with Gasteiger partial charge < -0.3 is 23.7 Å². The Labute approximate surface area is 334 Å². The molecule has 0 saturated carbocycles. The normalized spacial score (nSPS) is 17.3. The third-order valence-corrected chi connectivity index (χ3v) is 13.5. The lowest BCUT2D eigenvalue weighted by Gasteiger charge is -2.37. The van der Waals surface area contributed by atoms with Crippen molar-refractivity contribution in [3.8, 4) is 33.4 Å². The molecule has 4 heterocycles. The van der Waals surface area contributed by atoms with Crippen LogP contribution in [0.1, 0.15) is 26.3 Å². The Kier molecular flexibility index (Phi) is 6.32. The number of aromatic amines is 2. The average Bonchev–Trinajstić information content (AvgIpc) is 4.03. The molecule has 1 aliphatic heterocycles. The van der Waals surface area contributed by atoms with E-state index in [-0.39, 0.29) is 0 Å². The van der Waals surface area contributed by atoms with Crippen LogP contribution in [0.15, 0.2) is 150 Å². The zero-order chi connectivity index (χ0) is 38.5. The van der Waals surface area contributed by atoms with Crippen LogP contribution in [-0.2, 0) is 15.7 Å². The summed E-state index contributed by atoms with van der Waals surface area (Å²) in [6, 6.07) is 52.6. The average molecular weight is 749 g/mol. The van der Waals surface area contributed by atoms with Gasteiger partial charge in [0.15, 0.2) is 0 Å². The first-order valence-electron chi connectivity index (χ1n) is 20.2. The number of aromatic nitrogens is 2. The summed E-state index contributed by atoms with van der Waals surface area (Å²) in [7, 11) is -0.486. The number of benzene rings is 8. The molecule has 13 rings (SSSR count). The Bertz CT molecular complexity index is 3570. The van der Waals surface area contributed by atoms with E-state index in [1.54, 1.807) is 0 Å². The number of rotatable bonds is 4. The van der Waals surface area contributed by atoms with Crippen LogP contribution >= 0.6 is 0 Å². The molecular formula is C52H37BN2O3. The molecule has 1 unspecified atom stereocenters. The van der Waals surface area contributed by atoms with Gasteiger partial charge in [0.1, 0.15) is 11.2 Å². The van der Waals surface area contributed by atoms with Gasteiger partial charge in [0.05, 0.1) is 11.2 Å². The second-order valence-electron chi connectivity index (χ2n) is 17.1. The first-order valence-corrected chi connectivity index (χ1v) is 20.2. The van der Waals surface area contributed by atoms with Crippen LogP contribution in [0.5, 0.6) is 0 Å². The quantitative estimate of drug-likeness (QED) is 0.176. The van der Waals surface area contributed by atoms with Crippen LogP contribution in [0.25, 0.3) is 110 Å². The van der Waals surface area contributed by atoms with Crippen molar-refractivity contribution in [1.82, 2.24) is 9.97 Å². The Hall–Kier alpha value is -6.60. The summed E-state index contributed by atoms with van der Waals surface area (Å²) in [4.78, 5) is 7.12. The number of H-pyrrole nitrogens is 2. The Morgan fingerprint density at radius 1 is 0.483 bits per heavy atom. The summed E-state index contributed by atoms with van der Waals surface area (Å²) in [5, 5.41) is 9.65.